The van der Waals surface area contributed by atoms with Crippen molar-refractivity contribution < 1.29 is 17.6 Å². The Morgan fingerprint density at radius 2 is 1.71 bits per heavy atom. The van der Waals surface area contributed by atoms with Gasteiger partial charge in [-0.1, -0.05) is 44.5 Å². The van der Waals surface area contributed by atoms with E-state index in [1.165, 1.54) is 24.4 Å². The molecule has 0 N–H and O–H groups in total. The van der Waals surface area contributed by atoms with Gasteiger partial charge in [0, 0.05) is 17.2 Å². The maximum Gasteiger partial charge on any atom is 0.280 e. The second-order valence-corrected chi connectivity index (χ2v) is 8.86. The predicted octanol–water partition coefficient (Wildman–Crippen LogP) is 7.04. The number of hydrogen-bond acceptors (Lipinski definition) is 1. The summed E-state index contributed by atoms with van der Waals surface area (Å²) in [6.07, 6.45) is 2.29. The molecule has 2 aromatic rings. The second kappa shape index (κ2) is 6.57. The smallest absolute Gasteiger partial charge is 0.255 e. The number of nitrogens with zero attached hydrogens (tertiary/aromatic N) is 1. The molecule has 3 aliphatic carbocycles. The molecule has 5 heteroatoms. The predicted molar refractivity (Wildman–Crippen MR) is 101 cm³/mol. The number of hydrogen-bond donors (Lipinski definition) is 0. The highest BCUT2D eigenvalue weighted by atomic mass is 19.3. The van der Waals surface area contributed by atoms with Crippen molar-refractivity contribution >= 4 is 0 Å². The van der Waals surface area contributed by atoms with Crippen LogP contribution in [0.1, 0.15) is 74.3 Å². The lowest BCUT2D eigenvalue weighted by Crippen LogP contribution is -2.67. The maximum absolute atomic E-state index is 15.0. The highest BCUT2D eigenvalue weighted by molar-refractivity contribution is 5.34. The van der Waals surface area contributed by atoms with Crippen molar-refractivity contribution in [3.05, 3.63) is 65.0 Å². The quantitative estimate of drug-likeness (QED) is 0.461. The first kappa shape index (κ1) is 19.4. The molecule has 1 aromatic carbocycles. The van der Waals surface area contributed by atoms with Crippen LogP contribution in [-0.2, 0) is 12.3 Å². The van der Waals surface area contributed by atoms with Gasteiger partial charge in [0.15, 0.2) is 0 Å². The van der Waals surface area contributed by atoms with E-state index in [9.17, 15) is 8.78 Å². The summed E-state index contributed by atoms with van der Waals surface area (Å²) in [4.78, 5) is 3.68. The van der Waals surface area contributed by atoms with Gasteiger partial charge >= 0.3 is 0 Å². The van der Waals surface area contributed by atoms with Gasteiger partial charge in [-0.05, 0) is 60.3 Å². The van der Waals surface area contributed by atoms with Crippen molar-refractivity contribution in [3.63, 3.8) is 0 Å². The van der Waals surface area contributed by atoms with Crippen molar-refractivity contribution in [1.29, 1.82) is 0 Å². The maximum atomic E-state index is 15.0. The highest BCUT2D eigenvalue weighted by Gasteiger charge is 2.76. The minimum atomic E-state index is -2.79. The van der Waals surface area contributed by atoms with Crippen LogP contribution >= 0.6 is 0 Å². The summed E-state index contributed by atoms with van der Waals surface area (Å²) in [5, 5.41) is 0. The molecule has 0 radical (unpaired) electrons. The van der Waals surface area contributed by atoms with Gasteiger partial charge in [-0.25, -0.2) is 17.6 Å². The summed E-state index contributed by atoms with van der Waals surface area (Å²) >= 11 is 0. The van der Waals surface area contributed by atoms with E-state index in [-0.39, 0.29) is 22.6 Å². The summed E-state index contributed by atoms with van der Waals surface area (Å²) in [6.45, 7) is 4.03. The summed E-state index contributed by atoms with van der Waals surface area (Å²) in [6, 6.07) is 9.72. The molecule has 2 bridgehead atoms. The number of pyridine rings is 1. The van der Waals surface area contributed by atoms with Crippen molar-refractivity contribution in [3.8, 4) is 0 Å². The molecule has 0 saturated heterocycles. The van der Waals surface area contributed by atoms with Crippen molar-refractivity contribution in [2.75, 3.05) is 0 Å². The zero-order valence-electron chi connectivity index (χ0n) is 16.2. The standard InChI is InChI=1S/C23H25F4N/c1-3-21-12-22(13-21,14-21)23(26,27)18-6-4-16(5-7-18)10-15(2)17-8-9-28-19(11-17)20(24)25/h4-9,11,15,20H,3,10,12-14H2,1-2H3. The van der Waals surface area contributed by atoms with Crippen LogP contribution in [0.3, 0.4) is 0 Å². The second-order valence-electron chi connectivity index (χ2n) is 8.86. The molecule has 150 valence electrons. The summed E-state index contributed by atoms with van der Waals surface area (Å²) in [7, 11) is 0. The van der Waals surface area contributed by atoms with E-state index in [4.69, 9.17) is 0 Å². The van der Waals surface area contributed by atoms with Gasteiger partial charge in [-0.2, -0.15) is 0 Å². The molecule has 1 heterocycles. The normalized spacial score (nSPS) is 27.2. The SMILES string of the molecule is CCC12CC(C(F)(F)c3ccc(CC(C)c4ccnc(C(F)F)c4)cc3)(C1)C2. The van der Waals surface area contributed by atoms with Gasteiger partial charge in [0.25, 0.3) is 12.3 Å². The minimum Gasteiger partial charge on any atom is -0.255 e. The van der Waals surface area contributed by atoms with Crippen LogP contribution < -0.4 is 0 Å². The molecular weight excluding hydrogens is 366 g/mol. The Morgan fingerprint density at radius 3 is 2.29 bits per heavy atom. The van der Waals surface area contributed by atoms with Crippen molar-refractivity contribution in [2.45, 2.75) is 64.2 Å². The fraction of sp³-hybridized carbons (Fsp3) is 0.522. The first-order valence-corrected chi connectivity index (χ1v) is 9.92. The fourth-order valence-electron chi connectivity index (χ4n) is 5.23. The van der Waals surface area contributed by atoms with E-state index < -0.39 is 17.8 Å². The van der Waals surface area contributed by atoms with Crippen LogP contribution in [0.25, 0.3) is 0 Å². The van der Waals surface area contributed by atoms with Gasteiger partial charge in [-0.15, -0.1) is 0 Å². The molecule has 5 rings (SSSR count). The van der Waals surface area contributed by atoms with Gasteiger partial charge < -0.3 is 0 Å². The minimum absolute atomic E-state index is 0.00566. The zero-order valence-corrected chi connectivity index (χ0v) is 16.2. The molecular formula is C23H25F4N. The summed E-state index contributed by atoms with van der Waals surface area (Å²) < 4.78 is 55.7. The van der Waals surface area contributed by atoms with Crippen LogP contribution in [0, 0.1) is 10.8 Å². The Balaban J connectivity index is 1.45. The molecule has 0 aliphatic heterocycles. The third-order valence-electron chi connectivity index (χ3n) is 7.01. The average molecular weight is 391 g/mol. The van der Waals surface area contributed by atoms with Gasteiger partial charge in [0.1, 0.15) is 5.69 Å². The van der Waals surface area contributed by atoms with E-state index in [0.29, 0.717) is 25.7 Å². The van der Waals surface area contributed by atoms with Gasteiger partial charge in [0.2, 0.25) is 0 Å². The third-order valence-corrected chi connectivity index (χ3v) is 7.01. The van der Waals surface area contributed by atoms with Gasteiger partial charge in [-0.3, -0.25) is 4.98 Å². The number of rotatable bonds is 7. The Kier molecular flexibility index (Phi) is 4.55. The van der Waals surface area contributed by atoms with E-state index in [0.717, 1.165) is 17.5 Å². The Bertz CT molecular complexity index is 839. The van der Waals surface area contributed by atoms with Crippen LogP contribution in [0.15, 0.2) is 42.6 Å². The number of benzene rings is 1. The van der Waals surface area contributed by atoms with Gasteiger partial charge in [0.05, 0.1) is 0 Å². The number of alkyl halides is 4. The monoisotopic (exact) mass is 391 g/mol. The molecule has 1 unspecified atom stereocenters. The molecule has 0 spiro atoms. The molecule has 3 fully saturated rings. The summed E-state index contributed by atoms with van der Waals surface area (Å²) in [5.74, 6) is -2.79. The molecule has 1 atom stereocenters. The molecule has 1 aromatic heterocycles. The van der Waals surface area contributed by atoms with E-state index >= 15 is 8.78 Å². The Hall–Kier alpha value is -1.91. The van der Waals surface area contributed by atoms with E-state index in [1.807, 2.05) is 6.92 Å². The molecule has 0 amide bonds. The Labute approximate surface area is 163 Å². The number of aromatic nitrogens is 1. The van der Waals surface area contributed by atoms with Crippen LogP contribution in [0.5, 0.6) is 0 Å². The molecule has 3 aliphatic rings. The lowest BCUT2D eigenvalue weighted by molar-refractivity contribution is -0.322. The van der Waals surface area contributed by atoms with Crippen LogP contribution in [0.4, 0.5) is 17.6 Å². The number of halogens is 4. The van der Waals surface area contributed by atoms with E-state index in [1.54, 1.807) is 18.2 Å². The first-order valence-electron chi connectivity index (χ1n) is 9.92. The largest absolute Gasteiger partial charge is 0.280 e. The molecule has 1 nitrogen and oxygen atoms in total. The summed E-state index contributed by atoms with van der Waals surface area (Å²) in [5.41, 5.74) is 0.907. The zero-order chi connectivity index (χ0) is 20.2. The third kappa shape index (κ3) is 2.94. The van der Waals surface area contributed by atoms with E-state index in [2.05, 4.69) is 11.9 Å². The topological polar surface area (TPSA) is 12.9 Å². The first-order chi connectivity index (χ1) is 13.2. The van der Waals surface area contributed by atoms with Crippen LogP contribution in [0.2, 0.25) is 0 Å². The lowest BCUT2D eigenvalue weighted by atomic mass is 9.32. The van der Waals surface area contributed by atoms with Crippen molar-refractivity contribution in [2.24, 2.45) is 10.8 Å². The Morgan fingerprint density at radius 1 is 1.07 bits per heavy atom. The average Bonchev–Trinajstić information content (AvgIpc) is 2.60. The fourth-order valence-corrected chi connectivity index (χ4v) is 5.23. The van der Waals surface area contributed by atoms with Crippen molar-refractivity contribution in [1.82, 2.24) is 4.98 Å². The lowest BCUT2D eigenvalue weighted by Gasteiger charge is -2.72. The van der Waals surface area contributed by atoms with Crippen LogP contribution in [-0.4, -0.2) is 4.98 Å². The molecule has 28 heavy (non-hydrogen) atoms. The molecule has 3 saturated carbocycles. The highest BCUT2D eigenvalue weighted by Crippen LogP contribution is 2.81.